The molecule has 2 rings (SSSR count). The third kappa shape index (κ3) is 5.15. The van der Waals surface area contributed by atoms with Gasteiger partial charge in [-0.1, -0.05) is 30.3 Å². The molecule has 0 aliphatic rings. The number of aryl methyl sites for hydroxylation is 1. The normalized spacial score (nSPS) is 13.0. The standard InChI is InChI=1S/C20H27N3O3S/c1-15-9-6-7-10-17(15)14-23(5)16(2)20(24)21-18-11-8-12-19(13-18)27(25,26)22(3)4/h6-13,16H,14H2,1-5H3,(H,21,24). The number of nitrogens with zero attached hydrogens (tertiary/aromatic N) is 2. The predicted molar refractivity (Wildman–Crippen MR) is 108 cm³/mol. The van der Waals surface area contributed by atoms with Crippen molar-refractivity contribution in [1.29, 1.82) is 0 Å². The summed E-state index contributed by atoms with van der Waals surface area (Å²) >= 11 is 0. The fourth-order valence-electron chi connectivity index (χ4n) is 2.59. The molecule has 0 aliphatic heterocycles. The van der Waals surface area contributed by atoms with Crippen molar-refractivity contribution in [3.63, 3.8) is 0 Å². The highest BCUT2D eigenvalue weighted by atomic mass is 32.2. The summed E-state index contributed by atoms with van der Waals surface area (Å²) in [5.41, 5.74) is 2.80. The van der Waals surface area contributed by atoms with Crippen LogP contribution in [0.25, 0.3) is 0 Å². The van der Waals surface area contributed by atoms with Crippen LogP contribution in [0.4, 0.5) is 5.69 Å². The van der Waals surface area contributed by atoms with Crippen LogP contribution >= 0.6 is 0 Å². The topological polar surface area (TPSA) is 69.7 Å². The van der Waals surface area contributed by atoms with Crippen molar-refractivity contribution >= 4 is 21.6 Å². The quantitative estimate of drug-likeness (QED) is 0.790. The van der Waals surface area contributed by atoms with Gasteiger partial charge in [-0.05, 0) is 50.2 Å². The van der Waals surface area contributed by atoms with E-state index in [0.717, 1.165) is 4.31 Å². The highest BCUT2D eigenvalue weighted by molar-refractivity contribution is 7.89. The summed E-state index contributed by atoms with van der Waals surface area (Å²) < 4.78 is 25.6. The van der Waals surface area contributed by atoms with E-state index in [-0.39, 0.29) is 16.8 Å². The first-order chi connectivity index (χ1) is 12.6. The Bertz CT molecular complexity index is 910. The van der Waals surface area contributed by atoms with Gasteiger partial charge in [-0.25, -0.2) is 12.7 Å². The highest BCUT2D eigenvalue weighted by Crippen LogP contribution is 2.19. The van der Waals surface area contributed by atoms with Gasteiger partial charge in [0.15, 0.2) is 0 Å². The van der Waals surface area contributed by atoms with Gasteiger partial charge in [0.1, 0.15) is 0 Å². The Morgan fingerprint density at radius 1 is 1.07 bits per heavy atom. The summed E-state index contributed by atoms with van der Waals surface area (Å²) in [7, 11) is 1.30. The molecular formula is C20H27N3O3S. The first kappa shape index (κ1) is 21.1. The minimum atomic E-state index is -3.55. The summed E-state index contributed by atoms with van der Waals surface area (Å²) in [6.07, 6.45) is 0. The van der Waals surface area contributed by atoms with E-state index in [1.807, 2.05) is 50.1 Å². The predicted octanol–water partition coefficient (Wildman–Crippen LogP) is 2.70. The monoisotopic (exact) mass is 389 g/mol. The molecule has 0 saturated carbocycles. The van der Waals surface area contributed by atoms with Crippen molar-refractivity contribution in [3.05, 3.63) is 59.7 Å². The molecule has 1 N–H and O–H groups in total. The number of amides is 1. The fourth-order valence-corrected chi connectivity index (χ4v) is 3.53. The first-order valence-corrected chi connectivity index (χ1v) is 10.1. The summed E-state index contributed by atoms with van der Waals surface area (Å²) in [6.45, 7) is 4.52. The number of carbonyl (C=O) groups excluding carboxylic acids is 1. The number of benzene rings is 2. The zero-order valence-electron chi connectivity index (χ0n) is 16.4. The Balaban J connectivity index is 2.09. The van der Waals surface area contributed by atoms with E-state index in [0.29, 0.717) is 12.2 Å². The van der Waals surface area contributed by atoms with Gasteiger partial charge in [0.2, 0.25) is 15.9 Å². The molecule has 6 nitrogen and oxygen atoms in total. The van der Waals surface area contributed by atoms with Crippen molar-refractivity contribution in [2.75, 3.05) is 26.5 Å². The lowest BCUT2D eigenvalue weighted by atomic mass is 10.1. The number of likely N-dealkylation sites (N-methyl/N-ethyl adjacent to an activating group) is 1. The van der Waals surface area contributed by atoms with E-state index in [4.69, 9.17) is 0 Å². The minimum Gasteiger partial charge on any atom is -0.325 e. The fraction of sp³-hybridized carbons (Fsp3) is 0.350. The zero-order valence-corrected chi connectivity index (χ0v) is 17.2. The molecule has 0 bridgehead atoms. The Hall–Kier alpha value is -2.22. The van der Waals surface area contributed by atoms with Crippen LogP contribution < -0.4 is 5.32 Å². The van der Waals surface area contributed by atoms with Gasteiger partial charge in [0, 0.05) is 26.3 Å². The summed E-state index contributed by atoms with van der Waals surface area (Å²) in [6, 6.07) is 14.0. The molecular weight excluding hydrogens is 362 g/mol. The highest BCUT2D eigenvalue weighted by Gasteiger charge is 2.21. The molecule has 0 aliphatic carbocycles. The lowest BCUT2D eigenvalue weighted by molar-refractivity contribution is -0.120. The van der Waals surface area contributed by atoms with Crippen molar-refractivity contribution < 1.29 is 13.2 Å². The number of nitrogens with one attached hydrogen (secondary N) is 1. The van der Waals surface area contributed by atoms with Gasteiger partial charge in [0.05, 0.1) is 10.9 Å². The van der Waals surface area contributed by atoms with Gasteiger partial charge in [-0.15, -0.1) is 0 Å². The van der Waals surface area contributed by atoms with Gasteiger partial charge < -0.3 is 5.32 Å². The van der Waals surface area contributed by atoms with Crippen LogP contribution in [-0.4, -0.2) is 50.7 Å². The number of anilines is 1. The molecule has 7 heteroatoms. The van der Waals surface area contributed by atoms with Crippen LogP contribution in [0.2, 0.25) is 0 Å². The number of hydrogen-bond acceptors (Lipinski definition) is 4. The number of sulfonamides is 1. The summed E-state index contributed by atoms with van der Waals surface area (Å²) in [5, 5.41) is 2.81. The van der Waals surface area contributed by atoms with Crippen LogP contribution in [0, 0.1) is 6.92 Å². The molecule has 146 valence electrons. The smallest absolute Gasteiger partial charge is 0.242 e. The number of rotatable bonds is 7. The van der Waals surface area contributed by atoms with E-state index in [2.05, 4.69) is 5.32 Å². The van der Waals surface area contributed by atoms with Crippen molar-refractivity contribution in [2.45, 2.75) is 31.3 Å². The maximum absolute atomic E-state index is 12.6. The maximum Gasteiger partial charge on any atom is 0.242 e. The molecule has 1 atom stereocenters. The molecule has 27 heavy (non-hydrogen) atoms. The SMILES string of the molecule is Cc1ccccc1CN(C)C(C)C(=O)Nc1cccc(S(=O)(=O)N(C)C)c1. The van der Waals surface area contributed by atoms with Gasteiger partial charge in [0.25, 0.3) is 0 Å². The molecule has 0 spiro atoms. The third-order valence-corrected chi connectivity index (χ3v) is 6.41. The second kappa shape index (κ2) is 8.65. The van der Waals surface area contributed by atoms with Crippen molar-refractivity contribution in [2.24, 2.45) is 0 Å². The van der Waals surface area contributed by atoms with Crippen LogP contribution in [0.1, 0.15) is 18.1 Å². The number of hydrogen-bond donors (Lipinski definition) is 1. The minimum absolute atomic E-state index is 0.145. The average Bonchev–Trinajstić information content (AvgIpc) is 2.63. The Kier molecular flexibility index (Phi) is 6.75. The molecule has 0 aromatic heterocycles. The van der Waals surface area contributed by atoms with Crippen LogP contribution in [0.3, 0.4) is 0 Å². The summed E-state index contributed by atoms with van der Waals surface area (Å²) in [5.74, 6) is -0.189. The molecule has 0 radical (unpaired) electrons. The maximum atomic E-state index is 12.6. The number of carbonyl (C=O) groups is 1. The van der Waals surface area contributed by atoms with Gasteiger partial charge in [-0.3, -0.25) is 9.69 Å². The molecule has 0 heterocycles. The lowest BCUT2D eigenvalue weighted by Crippen LogP contribution is -2.39. The van der Waals surface area contributed by atoms with Crippen LogP contribution in [0.5, 0.6) is 0 Å². The molecule has 1 unspecified atom stereocenters. The largest absolute Gasteiger partial charge is 0.325 e. The molecule has 1 amide bonds. The molecule has 0 fully saturated rings. The van der Waals surface area contributed by atoms with Crippen molar-refractivity contribution in [3.8, 4) is 0 Å². The molecule has 2 aromatic carbocycles. The zero-order chi connectivity index (χ0) is 20.2. The van der Waals surface area contributed by atoms with Crippen molar-refractivity contribution in [1.82, 2.24) is 9.21 Å². The molecule has 2 aromatic rings. The second-order valence-corrected chi connectivity index (χ2v) is 8.97. The Morgan fingerprint density at radius 3 is 2.37 bits per heavy atom. The van der Waals surface area contributed by atoms with E-state index in [1.165, 1.54) is 37.4 Å². The van der Waals surface area contributed by atoms with Crippen LogP contribution in [0.15, 0.2) is 53.4 Å². The third-order valence-electron chi connectivity index (χ3n) is 4.60. The van der Waals surface area contributed by atoms with Gasteiger partial charge in [-0.2, -0.15) is 0 Å². The van der Waals surface area contributed by atoms with Crippen LogP contribution in [-0.2, 0) is 21.4 Å². The second-order valence-electron chi connectivity index (χ2n) is 6.82. The summed E-state index contributed by atoms with van der Waals surface area (Å²) in [4.78, 5) is 14.7. The average molecular weight is 390 g/mol. The van der Waals surface area contributed by atoms with Gasteiger partial charge >= 0.3 is 0 Å². The van der Waals surface area contributed by atoms with E-state index in [1.54, 1.807) is 12.1 Å². The van der Waals surface area contributed by atoms with E-state index >= 15 is 0 Å². The Labute approximate surface area is 161 Å². The molecule has 0 saturated heterocycles. The Morgan fingerprint density at radius 2 is 1.74 bits per heavy atom. The first-order valence-electron chi connectivity index (χ1n) is 8.71. The van der Waals surface area contributed by atoms with E-state index in [9.17, 15) is 13.2 Å². The lowest BCUT2D eigenvalue weighted by Gasteiger charge is -2.24. The van der Waals surface area contributed by atoms with E-state index < -0.39 is 10.0 Å².